The first-order valence-electron chi connectivity index (χ1n) is 10.2. The van der Waals surface area contributed by atoms with Crippen LogP contribution in [0.1, 0.15) is 51.6 Å². The van der Waals surface area contributed by atoms with Crippen molar-refractivity contribution in [1.29, 1.82) is 0 Å². The summed E-state index contributed by atoms with van der Waals surface area (Å²) in [7, 11) is 0. The number of benzene rings is 1. The van der Waals surface area contributed by atoms with Gasteiger partial charge in [-0.1, -0.05) is 18.5 Å². The first-order valence-corrected chi connectivity index (χ1v) is 10.6. The molecule has 2 aromatic rings. The van der Waals surface area contributed by atoms with Crippen LogP contribution >= 0.6 is 11.6 Å². The summed E-state index contributed by atoms with van der Waals surface area (Å²) in [5.41, 5.74) is -1.13. The molecule has 2 aliphatic rings. The third-order valence-corrected chi connectivity index (χ3v) is 6.15. The minimum absolute atomic E-state index is 0.0245. The van der Waals surface area contributed by atoms with Gasteiger partial charge in [-0.25, -0.2) is 4.98 Å². The van der Waals surface area contributed by atoms with E-state index in [1.807, 2.05) is 6.92 Å². The lowest BCUT2D eigenvalue weighted by Gasteiger charge is -2.25. The van der Waals surface area contributed by atoms with E-state index in [4.69, 9.17) is 21.1 Å². The van der Waals surface area contributed by atoms with Crippen LogP contribution in [0.25, 0.3) is 0 Å². The molecule has 6 nitrogen and oxygen atoms in total. The monoisotopic (exact) mass is 445 g/mol. The molecule has 0 bridgehead atoms. The summed E-state index contributed by atoms with van der Waals surface area (Å²) in [6.07, 6.45) is 2.82. The summed E-state index contributed by atoms with van der Waals surface area (Å²) in [4.78, 5) is 42.3. The zero-order valence-electron chi connectivity index (χ0n) is 17.0. The number of rotatable bonds is 6. The Bertz CT molecular complexity index is 1050. The molecule has 0 spiro atoms. The van der Waals surface area contributed by atoms with E-state index in [0.717, 1.165) is 24.6 Å². The molecular weight excluding hydrogens is 425 g/mol. The number of fused-ring (bicyclic) bond motifs is 1. The summed E-state index contributed by atoms with van der Waals surface area (Å²) < 4.78 is 25.9. The molecule has 1 unspecified atom stereocenters. The van der Waals surface area contributed by atoms with Gasteiger partial charge in [0.15, 0.2) is 17.0 Å². The highest BCUT2D eigenvalue weighted by molar-refractivity contribution is 6.33. The van der Waals surface area contributed by atoms with Crippen LogP contribution in [-0.2, 0) is 22.4 Å². The number of ether oxygens (including phenoxy) is 2. The highest BCUT2D eigenvalue weighted by Gasteiger charge is 2.58. The lowest BCUT2D eigenvalue weighted by molar-refractivity contribution is -0.134. The van der Waals surface area contributed by atoms with Crippen molar-refractivity contribution < 1.29 is 28.2 Å². The molecule has 0 saturated carbocycles. The predicted octanol–water partition coefficient (Wildman–Crippen LogP) is 3.96. The van der Waals surface area contributed by atoms with E-state index < -0.39 is 23.0 Å². The molecule has 1 atom stereocenters. The van der Waals surface area contributed by atoms with Crippen LogP contribution in [0.3, 0.4) is 0 Å². The maximum absolute atomic E-state index is 14.4. The van der Waals surface area contributed by atoms with Gasteiger partial charge in [0, 0.05) is 36.6 Å². The second-order valence-electron chi connectivity index (χ2n) is 7.78. The standard InChI is InChI=1S/C23H21ClFNO5/c1-2-13-9-17-15(10-18(13)31-16-5-7-30-8-6-16)11-23(21(17)28,22(25)29)20(27)14-3-4-19(24)26-12-14/h3-4,9-10,12,16H,2,5-8,11H2,1H3. The fourth-order valence-corrected chi connectivity index (χ4v) is 4.28. The number of aryl methyl sites for hydroxylation is 1. The van der Waals surface area contributed by atoms with Gasteiger partial charge in [0.05, 0.1) is 13.2 Å². The van der Waals surface area contributed by atoms with Crippen molar-refractivity contribution in [3.63, 3.8) is 0 Å². The maximum Gasteiger partial charge on any atom is 0.323 e. The van der Waals surface area contributed by atoms with Gasteiger partial charge in [-0.3, -0.25) is 14.4 Å². The van der Waals surface area contributed by atoms with Gasteiger partial charge < -0.3 is 9.47 Å². The Hall–Kier alpha value is -2.64. The largest absolute Gasteiger partial charge is 0.490 e. The molecule has 4 rings (SSSR count). The molecule has 0 amide bonds. The number of halogens is 2. The highest BCUT2D eigenvalue weighted by atomic mass is 35.5. The number of pyridine rings is 1. The molecule has 162 valence electrons. The van der Waals surface area contributed by atoms with E-state index in [1.165, 1.54) is 12.1 Å². The topological polar surface area (TPSA) is 82.6 Å². The molecule has 1 fully saturated rings. The van der Waals surface area contributed by atoms with Crippen LogP contribution in [0.4, 0.5) is 4.39 Å². The molecule has 1 aliphatic carbocycles. The minimum Gasteiger partial charge on any atom is -0.490 e. The van der Waals surface area contributed by atoms with Crippen molar-refractivity contribution in [2.45, 2.75) is 38.7 Å². The van der Waals surface area contributed by atoms with Gasteiger partial charge in [-0.15, -0.1) is 0 Å². The van der Waals surface area contributed by atoms with E-state index in [2.05, 4.69) is 4.98 Å². The minimum atomic E-state index is -2.44. The van der Waals surface area contributed by atoms with Crippen molar-refractivity contribution in [3.8, 4) is 5.75 Å². The smallest absolute Gasteiger partial charge is 0.323 e. The molecule has 1 aromatic heterocycles. The van der Waals surface area contributed by atoms with Crippen molar-refractivity contribution in [2.75, 3.05) is 13.2 Å². The summed E-state index contributed by atoms with van der Waals surface area (Å²) in [5, 5.41) is 0.140. The second kappa shape index (κ2) is 8.48. The average Bonchev–Trinajstić information content (AvgIpc) is 3.06. The van der Waals surface area contributed by atoms with E-state index in [-0.39, 0.29) is 28.8 Å². The molecule has 1 aromatic carbocycles. The summed E-state index contributed by atoms with van der Waals surface area (Å²) in [6, 6.07) is 3.99. The number of nitrogens with zero attached hydrogens (tertiary/aromatic N) is 1. The summed E-state index contributed by atoms with van der Waals surface area (Å²) in [5.74, 6) is -1.17. The van der Waals surface area contributed by atoms with Crippen molar-refractivity contribution in [2.24, 2.45) is 5.41 Å². The van der Waals surface area contributed by atoms with Gasteiger partial charge in [0.2, 0.25) is 0 Å². The van der Waals surface area contributed by atoms with Crippen LogP contribution in [0.2, 0.25) is 5.15 Å². The number of hydrogen-bond donors (Lipinski definition) is 0. The van der Waals surface area contributed by atoms with Crippen LogP contribution in [-0.4, -0.2) is 41.9 Å². The van der Waals surface area contributed by atoms with Crippen molar-refractivity contribution in [1.82, 2.24) is 4.98 Å². The quantitative estimate of drug-likeness (QED) is 0.290. The molecule has 31 heavy (non-hydrogen) atoms. The number of Topliss-reactive ketones (excluding diaryl/α,β-unsaturated/α-hetero) is 2. The second-order valence-corrected chi connectivity index (χ2v) is 8.17. The molecule has 0 N–H and O–H groups in total. The Balaban J connectivity index is 1.72. The SMILES string of the molecule is CCc1cc2c(cc1OC1CCOCC1)CC(C(=O)F)(C(=O)c1ccc(Cl)nc1)C2=O. The van der Waals surface area contributed by atoms with Gasteiger partial charge in [-0.2, -0.15) is 4.39 Å². The van der Waals surface area contributed by atoms with Gasteiger partial charge >= 0.3 is 6.04 Å². The van der Waals surface area contributed by atoms with Gasteiger partial charge in [0.1, 0.15) is 17.0 Å². The maximum atomic E-state index is 14.4. The first kappa shape index (κ1) is 21.6. The van der Waals surface area contributed by atoms with Gasteiger partial charge in [0.25, 0.3) is 0 Å². The number of aromatic nitrogens is 1. The number of ketones is 2. The Labute approximate surface area is 183 Å². The zero-order valence-corrected chi connectivity index (χ0v) is 17.7. The third-order valence-electron chi connectivity index (χ3n) is 5.93. The average molecular weight is 446 g/mol. The fraction of sp³-hybridized carbons (Fsp3) is 0.391. The lowest BCUT2D eigenvalue weighted by atomic mass is 9.77. The summed E-state index contributed by atoms with van der Waals surface area (Å²) >= 11 is 5.75. The first-order chi connectivity index (χ1) is 14.9. The Morgan fingerprint density at radius 3 is 2.65 bits per heavy atom. The highest BCUT2D eigenvalue weighted by Crippen LogP contribution is 2.43. The van der Waals surface area contributed by atoms with Crippen LogP contribution in [0.5, 0.6) is 5.75 Å². The number of carbonyl (C=O) groups excluding carboxylic acids is 3. The Morgan fingerprint density at radius 1 is 1.29 bits per heavy atom. The third kappa shape index (κ3) is 3.77. The fourth-order valence-electron chi connectivity index (χ4n) is 4.17. The van der Waals surface area contributed by atoms with Crippen LogP contribution < -0.4 is 4.74 Å². The molecule has 1 saturated heterocycles. The van der Waals surface area contributed by atoms with E-state index in [9.17, 15) is 18.8 Å². The van der Waals surface area contributed by atoms with Gasteiger partial charge in [-0.05, 0) is 41.8 Å². The molecule has 2 heterocycles. The predicted molar refractivity (Wildman–Crippen MR) is 110 cm³/mol. The van der Waals surface area contributed by atoms with Crippen LogP contribution in [0.15, 0.2) is 30.5 Å². The Kier molecular flexibility index (Phi) is 5.90. The Morgan fingerprint density at radius 2 is 2.03 bits per heavy atom. The number of hydrogen-bond acceptors (Lipinski definition) is 6. The molecule has 8 heteroatoms. The molecular formula is C23H21ClFNO5. The molecule has 0 radical (unpaired) electrons. The van der Waals surface area contributed by atoms with Crippen molar-refractivity contribution >= 4 is 29.2 Å². The normalized spacial score (nSPS) is 21.1. The molecule has 1 aliphatic heterocycles. The number of carbonyl (C=O) groups is 3. The van der Waals surface area contributed by atoms with E-state index in [0.29, 0.717) is 30.9 Å². The van der Waals surface area contributed by atoms with Crippen LogP contribution in [0, 0.1) is 5.41 Å². The zero-order chi connectivity index (χ0) is 22.2. The lowest BCUT2D eigenvalue weighted by Crippen LogP contribution is -2.43. The van der Waals surface area contributed by atoms with Crippen molar-refractivity contribution in [3.05, 3.63) is 57.9 Å². The van der Waals surface area contributed by atoms with E-state index in [1.54, 1.807) is 12.1 Å². The van der Waals surface area contributed by atoms with E-state index >= 15 is 0 Å². The summed E-state index contributed by atoms with van der Waals surface area (Å²) in [6.45, 7) is 3.13.